The molecule has 0 bridgehead atoms. The standard InChI is InChI=1S/C19H31N7O2S/c1-5-25(6-2)29(27,28)26-9-7-8-16(13-26)11-17-12-18(21-15(4)20-17)22-19-10-14(3)23-24-19/h10,12,16H,5-9,11,13H2,1-4H3,(H2,20,21,22,23,24). The van der Waals surface area contributed by atoms with Crippen LogP contribution >= 0.6 is 0 Å². The van der Waals surface area contributed by atoms with Crippen LogP contribution in [0.5, 0.6) is 0 Å². The van der Waals surface area contributed by atoms with Crippen LogP contribution in [0.3, 0.4) is 0 Å². The van der Waals surface area contributed by atoms with Crippen LogP contribution < -0.4 is 5.32 Å². The maximum atomic E-state index is 12.9. The Kier molecular flexibility index (Phi) is 6.86. The number of nitrogens with one attached hydrogen (secondary N) is 2. The minimum absolute atomic E-state index is 0.240. The molecule has 0 saturated carbocycles. The van der Waals surface area contributed by atoms with Gasteiger partial charge in [-0.1, -0.05) is 13.8 Å². The minimum atomic E-state index is -3.39. The minimum Gasteiger partial charge on any atom is -0.323 e. The zero-order valence-corrected chi connectivity index (χ0v) is 18.5. The molecular formula is C19H31N7O2S. The molecule has 1 aliphatic heterocycles. The van der Waals surface area contributed by atoms with E-state index in [-0.39, 0.29) is 5.92 Å². The molecule has 1 atom stereocenters. The van der Waals surface area contributed by atoms with Gasteiger partial charge >= 0.3 is 0 Å². The van der Waals surface area contributed by atoms with Crippen LogP contribution in [0.2, 0.25) is 0 Å². The Morgan fingerprint density at radius 3 is 2.62 bits per heavy atom. The lowest BCUT2D eigenvalue weighted by Gasteiger charge is -2.35. The molecule has 3 rings (SSSR count). The molecule has 160 valence electrons. The highest BCUT2D eigenvalue weighted by Gasteiger charge is 2.32. The summed E-state index contributed by atoms with van der Waals surface area (Å²) in [6.07, 6.45) is 2.59. The number of piperidine rings is 1. The van der Waals surface area contributed by atoms with Crippen LogP contribution in [-0.4, -0.2) is 63.4 Å². The fraction of sp³-hybridized carbons (Fsp3) is 0.632. The first-order chi connectivity index (χ1) is 13.8. The predicted molar refractivity (Wildman–Crippen MR) is 113 cm³/mol. The summed E-state index contributed by atoms with van der Waals surface area (Å²) in [5.74, 6) is 2.33. The summed E-state index contributed by atoms with van der Waals surface area (Å²) in [4.78, 5) is 9.01. The van der Waals surface area contributed by atoms with E-state index in [2.05, 4.69) is 25.5 Å². The van der Waals surface area contributed by atoms with E-state index in [9.17, 15) is 8.42 Å². The Balaban J connectivity index is 1.70. The van der Waals surface area contributed by atoms with Gasteiger partial charge in [-0.15, -0.1) is 0 Å². The number of aromatic amines is 1. The quantitative estimate of drug-likeness (QED) is 0.678. The molecule has 1 unspecified atom stereocenters. The molecule has 0 aliphatic carbocycles. The van der Waals surface area contributed by atoms with E-state index in [1.165, 1.54) is 4.31 Å². The van der Waals surface area contributed by atoms with Gasteiger partial charge < -0.3 is 5.32 Å². The third kappa shape index (κ3) is 5.31. The molecule has 3 heterocycles. The summed E-state index contributed by atoms with van der Waals surface area (Å²) in [7, 11) is -3.39. The summed E-state index contributed by atoms with van der Waals surface area (Å²) < 4.78 is 28.9. The van der Waals surface area contributed by atoms with E-state index in [4.69, 9.17) is 0 Å². The lowest BCUT2D eigenvalue weighted by Crippen LogP contribution is -2.48. The van der Waals surface area contributed by atoms with Crippen LogP contribution in [0, 0.1) is 19.8 Å². The lowest BCUT2D eigenvalue weighted by molar-refractivity contribution is 0.247. The number of aryl methyl sites for hydroxylation is 2. The van der Waals surface area contributed by atoms with Crippen molar-refractivity contribution in [2.45, 2.75) is 47.0 Å². The zero-order valence-electron chi connectivity index (χ0n) is 17.6. The predicted octanol–water partition coefficient (Wildman–Crippen LogP) is 2.40. The molecule has 2 aromatic heterocycles. The van der Waals surface area contributed by atoms with E-state index in [0.29, 0.717) is 43.6 Å². The van der Waals surface area contributed by atoms with E-state index in [1.54, 1.807) is 4.31 Å². The van der Waals surface area contributed by atoms with Gasteiger partial charge in [-0.05, 0) is 39.0 Å². The number of nitrogens with zero attached hydrogens (tertiary/aromatic N) is 5. The molecule has 2 N–H and O–H groups in total. The summed E-state index contributed by atoms with van der Waals surface area (Å²) in [5.41, 5.74) is 1.88. The highest BCUT2D eigenvalue weighted by Crippen LogP contribution is 2.25. The molecule has 0 spiro atoms. The molecule has 1 saturated heterocycles. The Bertz CT molecular complexity index is 924. The summed E-state index contributed by atoms with van der Waals surface area (Å²) in [6, 6.07) is 3.84. The summed E-state index contributed by atoms with van der Waals surface area (Å²) >= 11 is 0. The lowest BCUT2D eigenvalue weighted by atomic mass is 9.94. The monoisotopic (exact) mass is 421 g/mol. The molecule has 0 amide bonds. The van der Waals surface area contributed by atoms with Crippen LogP contribution in [-0.2, 0) is 16.6 Å². The maximum Gasteiger partial charge on any atom is 0.281 e. The Labute approximate surface area is 173 Å². The number of hydrogen-bond acceptors (Lipinski definition) is 6. The van der Waals surface area contributed by atoms with Crippen molar-refractivity contribution in [1.82, 2.24) is 28.8 Å². The topological polar surface area (TPSA) is 107 Å². The molecule has 2 aromatic rings. The van der Waals surface area contributed by atoms with Gasteiger partial charge in [0.2, 0.25) is 0 Å². The molecular weight excluding hydrogens is 390 g/mol. The molecule has 0 radical (unpaired) electrons. The van der Waals surface area contributed by atoms with Gasteiger partial charge in [0.05, 0.1) is 0 Å². The van der Waals surface area contributed by atoms with Crippen molar-refractivity contribution in [1.29, 1.82) is 0 Å². The third-order valence-electron chi connectivity index (χ3n) is 5.19. The summed E-state index contributed by atoms with van der Waals surface area (Å²) in [5, 5.41) is 10.3. The number of aromatic nitrogens is 4. The maximum absolute atomic E-state index is 12.9. The average molecular weight is 422 g/mol. The Morgan fingerprint density at radius 1 is 1.21 bits per heavy atom. The van der Waals surface area contributed by atoms with E-state index in [0.717, 1.165) is 30.7 Å². The van der Waals surface area contributed by atoms with Crippen LogP contribution in [0.1, 0.15) is 43.9 Å². The first-order valence-electron chi connectivity index (χ1n) is 10.2. The smallest absolute Gasteiger partial charge is 0.281 e. The van der Waals surface area contributed by atoms with E-state index >= 15 is 0 Å². The fourth-order valence-electron chi connectivity index (χ4n) is 3.82. The van der Waals surface area contributed by atoms with Gasteiger partial charge in [-0.3, -0.25) is 5.10 Å². The highest BCUT2D eigenvalue weighted by atomic mass is 32.2. The first-order valence-corrected chi connectivity index (χ1v) is 11.6. The van der Waals surface area contributed by atoms with Gasteiger partial charge in [0.15, 0.2) is 5.82 Å². The van der Waals surface area contributed by atoms with E-state index in [1.807, 2.05) is 39.8 Å². The second-order valence-electron chi connectivity index (χ2n) is 7.52. The average Bonchev–Trinajstić information content (AvgIpc) is 3.07. The van der Waals surface area contributed by atoms with Crippen molar-refractivity contribution < 1.29 is 8.42 Å². The molecule has 9 nitrogen and oxygen atoms in total. The van der Waals surface area contributed by atoms with Gasteiger partial charge in [0.25, 0.3) is 10.2 Å². The van der Waals surface area contributed by atoms with E-state index < -0.39 is 10.2 Å². The van der Waals surface area contributed by atoms with Crippen molar-refractivity contribution in [2.24, 2.45) is 5.92 Å². The molecule has 0 aromatic carbocycles. The number of rotatable bonds is 8. The summed E-state index contributed by atoms with van der Waals surface area (Å²) in [6.45, 7) is 9.66. The largest absolute Gasteiger partial charge is 0.323 e. The number of H-pyrrole nitrogens is 1. The van der Waals surface area contributed by atoms with Gasteiger partial charge in [-0.25, -0.2) is 9.97 Å². The second kappa shape index (κ2) is 9.19. The van der Waals surface area contributed by atoms with Crippen molar-refractivity contribution in [3.05, 3.63) is 29.3 Å². The third-order valence-corrected chi connectivity index (χ3v) is 7.34. The van der Waals surface area contributed by atoms with Crippen molar-refractivity contribution in [3.8, 4) is 0 Å². The van der Waals surface area contributed by atoms with Crippen molar-refractivity contribution in [2.75, 3.05) is 31.5 Å². The molecule has 1 aliphatic rings. The first kappa shape index (κ1) is 21.7. The van der Waals surface area contributed by atoms with Gasteiger partial charge in [0, 0.05) is 49.7 Å². The van der Waals surface area contributed by atoms with Crippen molar-refractivity contribution >= 4 is 21.8 Å². The van der Waals surface area contributed by atoms with Gasteiger partial charge in [-0.2, -0.15) is 22.1 Å². The van der Waals surface area contributed by atoms with Gasteiger partial charge in [0.1, 0.15) is 11.6 Å². The SMILES string of the molecule is CCN(CC)S(=O)(=O)N1CCCC(Cc2cc(Nc3cc(C)[nH]n3)nc(C)n2)C1. The Hall–Kier alpha value is -2.04. The van der Waals surface area contributed by atoms with Crippen LogP contribution in [0.25, 0.3) is 0 Å². The van der Waals surface area contributed by atoms with Crippen LogP contribution in [0.4, 0.5) is 11.6 Å². The second-order valence-corrected chi connectivity index (χ2v) is 9.44. The molecule has 1 fully saturated rings. The number of hydrogen-bond donors (Lipinski definition) is 2. The fourth-order valence-corrected chi connectivity index (χ4v) is 5.56. The molecule has 10 heteroatoms. The normalized spacial score (nSPS) is 18.3. The zero-order chi connectivity index (χ0) is 21.0. The highest BCUT2D eigenvalue weighted by molar-refractivity contribution is 7.86. The number of anilines is 2. The Morgan fingerprint density at radius 2 is 1.97 bits per heavy atom. The van der Waals surface area contributed by atoms with Crippen LogP contribution in [0.15, 0.2) is 12.1 Å². The molecule has 29 heavy (non-hydrogen) atoms. The van der Waals surface area contributed by atoms with Crippen molar-refractivity contribution in [3.63, 3.8) is 0 Å².